The minimum absolute atomic E-state index is 0. The molecular formula is C10H15Cl. The van der Waals surface area contributed by atoms with Gasteiger partial charge in [0, 0.05) is 0 Å². The standard InChI is InChI=1S/C6H4.C4H10.ClH/c1-2-6-4-3-5(1)6;1-3-4-2;/h1-4H;3-4H2,1-2H3;1H. The predicted octanol–water partition coefficient (Wildman–Crippen LogP) is 3.90. The fourth-order valence-electron chi connectivity index (χ4n) is 0.663. The average Bonchev–Trinajstić information content (AvgIpc) is 1.97. The van der Waals surface area contributed by atoms with E-state index in [4.69, 9.17) is 0 Å². The molecule has 0 amide bonds. The van der Waals surface area contributed by atoms with Crippen LogP contribution in [0.2, 0.25) is 0 Å². The maximum atomic E-state index is 2.18. The lowest BCUT2D eigenvalue weighted by atomic mass is 9.95. The number of hydrogen-bond donors (Lipinski definition) is 0. The van der Waals surface area contributed by atoms with E-state index < -0.39 is 0 Å². The van der Waals surface area contributed by atoms with Gasteiger partial charge in [-0.05, 0) is 11.1 Å². The third kappa shape index (κ3) is 2.55. The molecule has 0 aromatic heterocycles. The Morgan fingerprint density at radius 3 is 1.09 bits per heavy atom. The monoisotopic (exact) mass is 170 g/mol. The number of halogens is 1. The second kappa shape index (κ2) is 5.20. The van der Waals surface area contributed by atoms with E-state index >= 15 is 0 Å². The predicted molar refractivity (Wildman–Crippen MR) is 53.3 cm³/mol. The molecule has 0 unspecified atom stereocenters. The number of rotatable bonds is 1. The van der Waals surface area contributed by atoms with Crippen LogP contribution in [0, 0.1) is 0 Å². The van der Waals surface area contributed by atoms with Crippen molar-refractivity contribution in [3.8, 4) is 11.1 Å². The molecule has 0 fully saturated rings. The maximum Gasteiger partial charge on any atom is -0.0184 e. The van der Waals surface area contributed by atoms with Gasteiger partial charge < -0.3 is 0 Å². The Kier molecular flexibility index (Phi) is 4.97. The van der Waals surface area contributed by atoms with Gasteiger partial charge in [-0.3, -0.25) is 0 Å². The molecule has 11 heavy (non-hydrogen) atoms. The molecule has 2 rings (SSSR count). The summed E-state index contributed by atoms with van der Waals surface area (Å²) < 4.78 is 0. The molecule has 0 radical (unpaired) electrons. The van der Waals surface area contributed by atoms with Crippen molar-refractivity contribution < 1.29 is 0 Å². The molecule has 0 aliphatic heterocycles. The van der Waals surface area contributed by atoms with Gasteiger partial charge in [0.1, 0.15) is 0 Å². The van der Waals surface area contributed by atoms with Crippen molar-refractivity contribution >= 4 is 12.4 Å². The zero-order chi connectivity index (χ0) is 7.40. The van der Waals surface area contributed by atoms with Crippen molar-refractivity contribution in [3.63, 3.8) is 0 Å². The van der Waals surface area contributed by atoms with Crippen LogP contribution in [0.1, 0.15) is 26.7 Å². The second-order valence-corrected chi connectivity index (χ2v) is 2.58. The molecule has 62 valence electrons. The lowest BCUT2D eigenvalue weighted by molar-refractivity contribution is 0.886. The molecule has 0 heterocycles. The largest absolute Gasteiger partial charge is 0.147 e. The third-order valence-electron chi connectivity index (χ3n) is 1.72. The zero-order valence-electron chi connectivity index (χ0n) is 7.13. The van der Waals surface area contributed by atoms with Crippen LogP contribution in [0.4, 0.5) is 0 Å². The summed E-state index contributed by atoms with van der Waals surface area (Å²) in [5.41, 5.74) is 2.85. The average molecular weight is 171 g/mol. The highest BCUT2D eigenvalue weighted by atomic mass is 35.5. The Bertz CT molecular complexity index is 166. The van der Waals surface area contributed by atoms with E-state index in [0.717, 1.165) is 0 Å². The molecule has 0 aromatic rings. The van der Waals surface area contributed by atoms with Gasteiger partial charge in [-0.2, -0.15) is 0 Å². The fraction of sp³-hybridized carbons (Fsp3) is 0.400. The first kappa shape index (κ1) is 10.5. The number of unbranched alkanes of at least 4 members (excludes halogenated alkanes) is 1. The Hall–Kier alpha value is -0.490. The molecule has 2 aliphatic carbocycles. The highest BCUT2D eigenvalue weighted by Crippen LogP contribution is 2.29. The van der Waals surface area contributed by atoms with Gasteiger partial charge in [0.2, 0.25) is 0 Å². The van der Waals surface area contributed by atoms with Crippen LogP contribution in [-0.2, 0) is 0 Å². The summed E-state index contributed by atoms with van der Waals surface area (Å²) in [7, 11) is 0. The van der Waals surface area contributed by atoms with Crippen LogP contribution in [0.15, 0.2) is 24.3 Å². The smallest absolute Gasteiger partial charge is 0.0184 e. The quantitative estimate of drug-likeness (QED) is 0.609. The van der Waals surface area contributed by atoms with Crippen LogP contribution >= 0.6 is 12.4 Å². The van der Waals surface area contributed by atoms with Crippen molar-refractivity contribution in [1.82, 2.24) is 0 Å². The summed E-state index contributed by atoms with van der Waals surface area (Å²) in [5, 5.41) is 0. The van der Waals surface area contributed by atoms with E-state index in [9.17, 15) is 0 Å². The van der Waals surface area contributed by atoms with Crippen molar-refractivity contribution in [3.05, 3.63) is 24.3 Å². The van der Waals surface area contributed by atoms with E-state index in [1.165, 1.54) is 24.0 Å². The first-order valence-electron chi connectivity index (χ1n) is 3.99. The molecule has 0 bridgehead atoms. The molecule has 0 saturated carbocycles. The van der Waals surface area contributed by atoms with Crippen molar-refractivity contribution in [2.45, 2.75) is 26.7 Å². The Morgan fingerprint density at radius 2 is 1.09 bits per heavy atom. The first-order valence-corrected chi connectivity index (χ1v) is 3.99. The zero-order valence-corrected chi connectivity index (χ0v) is 7.95. The summed E-state index contributed by atoms with van der Waals surface area (Å²) in [5.74, 6) is 0. The third-order valence-corrected chi connectivity index (χ3v) is 1.72. The van der Waals surface area contributed by atoms with E-state index in [-0.39, 0.29) is 12.4 Å². The van der Waals surface area contributed by atoms with E-state index in [0.29, 0.717) is 0 Å². The van der Waals surface area contributed by atoms with Crippen molar-refractivity contribution in [1.29, 1.82) is 0 Å². The molecular weight excluding hydrogens is 156 g/mol. The highest BCUT2D eigenvalue weighted by Gasteiger charge is 2.03. The summed E-state index contributed by atoms with van der Waals surface area (Å²) >= 11 is 0. The first-order chi connectivity index (χ1) is 4.88. The summed E-state index contributed by atoms with van der Waals surface area (Å²) in [4.78, 5) is 0. The molecule has 0 N–H and O–H groups in total. The Labute approximate surface area is 75.0 Å². The highest BCUT2D eigenvalue weighted by molar-refractivity contribution is 5.85. The van der Waals surface area contributed by atoms with Gasteiger partial charge in [-0.1, -0.05) is 51.0 Å². The normalized spacial score (nSPS) is 8.91. The Morgan fingerprint density at radius 1 is 0.818 bits per heavy atom. The maximum absolute atomic E-state index is 2.18. The van der Waals surface area contributed by atoms with Crippen molar-refractivity contribution in [2.24, 2.45) is 0 Å². The van der Waals surface area contributed by atoms with Gasteiger partial charge in [-0.25, -0.2) is 0 Å². The molecule has 2 aliphatic rings. The second-order valence-electron chi connectivity index (χ2n) is 2.58. The van der Waals surface area contributed by atoms with Crippen LogP contribution in [-0.4, -0.2) is 0 Å². The van der Waals surface area contributed by atoms with Crippen molar-refractivity contribution in [2.75, 3.05) is 0 Å². The lowest BCUT2D eigenvalue weighted by Gasteiger charge is -2.10. The van der Waals surface area contributed by atoms with Gasteiger partial charge in [0.25, 0.3) is 0 Å². The summed E-state index contributed by atoms with van der Waals surface area (Å²) in [6.45, 7) is 4.36. The summed E-state index contributed by atoms with van der Waals surface area (Å²) in [6.07, 6.45) is 2.64. The molecule has 0 atom stereocenters. The molecule has 0 aromatic carbocycles. The fourth-order valence-corrected chi connectivity index (χ4v) is 0.663. The van der Waals surface area contributed by atoms with E-state index in [2.05, 4.69) is 38.1 Å². The molecule has 0 saturated heterocycles. The minimum atomic E-state index is 0. The minimum Gasteiger partial charge on any atom is -0.147 e. The van der Waals surface area contributed by atoms with Crippen LogP contribution in [0.3, 0.4) is 0 Å². The van der Waals surface area contributed by atoms with Crippen LogP contribution in [0.25, 0.3) is 11.1 Å². The van der Waals surface area contributed by atoms with Gasteiger partial charge in [0.15, 0.2) is 0 Å². The lowest BCUT2D eigenvalue weighted by Crippen LogP contribution is -1.85. The van der Waals surface area contributed by atoms with Crippen LogP contribution in [0.5, 0.6) is 0 Å². The molecule has 1 heteroatoms. The summed E-state index contributed by atoms with van der Waals surface area (Å²) in [6, 6.07) is 8.48. The molecule has 0 nitrogen and oxygen atoms in total. The topological polar surface area (TPSA) is 0 Å². The van der Waals surface area contributed by atoms with Gasteiger partial charge in [-0.15, -0.1) is 12.4 Å². The molecule has 0 spiro atoms. The SMILES string of the molecule is CCCC.Cl.c1cc2ccc1-2. The van der Waals surface area contributed by atoms with E-state index in [1.807, 2.05) is 0 Å². The van der Waals surface area contributed by atoms with Gasteiger partial charge in [0.05, 0.1) is 0 Å². The van der Waals surface area contributed by atoms with E-state index in [1.54, 1.807) is 0 Å². The van der Waals surface area contributed by atoms with Gasteiger partial charge >= 0.3 is 0 Å². The Balaban J connectivity index is 0.000000183. The van der Waals surface area contributed by atoms with Crippen LogP contribution < -0.4 is 0 Å². The number of hydrogen-bond acceptors (Lipinski definition) is 0. The number of fused-ring (bicyclic) bond motifs is 1. The number of benzene rings is 1.